The number of amides is 1. The number of nitrogens with zero attached hydrogens (tertiary/aromatic N) is 2. The van der Waals surface area contributed by atoms with E-state index in [0.29, 0.717) is 43.3 Å². The first-order valence-corrected chi connectivity index (χ1v) is 9.39. The van der Waals surface area contributed by atoms with E-state index < -0.39 is 0 Å². The van der Waals surface area contributed by atoms with Crippen LogP contribution in [0.3, 0.4) is 0 Å². The molecule has 0 radical (unpaired) electrons. The van der Waals surface area contributed by atoms with Crippen molar-refractivity contribution in [1.29, 1.82) is 0 Å². The second-order valence-corrected chi connectivity index (χ2v) is 7.34. The minimum atomic E-state index is -0.335. The van der Waals surface area contributed by atoms with Crippen molar-refractivity contribution in [3.8, 4) is 11.5 Å². The van der Waals surface area contributed by atoms with Gasteiger partial charge in [0.1, 0.15) is 11.6 Å². The van der Waals surface area contributed by atoms with E-state index in [9.17, 15) is 9.18 Å². The lowest BCUT2D eigenvalue weighted by Gasteiger charge is -2.40. The van der Waals surface area contributed by atoms with E-state index in [1.165, 1.54) is 6.07 Å². The maximum atomic E-state index is 14.0. The van der Waals surface area contributed by atoms with Crippen molar-refractivity contribution in [2.45, 2.75) is 38.3 Å². The van der Waals surface area contributed by atoms with Crippen LogP contribution in [0.2, 0.25) is 0 Å². The van der Waals surface area contributed by atoms with E-state index in [0.717, 1.165) is 31.6 Å². The van der Waals surface area contributed by atoms with Gasteiger partial charge in [-0.15, -0.1) is 0 Å². The van der Waals surface area contributed by atoms with E-state index in [1.54, 1.807) is 18.2 Å². The Kier molecular flexibility index (Phi) is 4.97. The summed E-state index contributed by atoms with van der Waals surface area (Å²) in [6.45, 7) is 5.31. The Morgan fingerprint density at radius 2 is 2.07 bits per heavy atom. The number of hydrogen-bond donors (Lipinski definition) is 1. The molecule has 2 aromatic rings. The zero-order chi connectivity index (χ0) is 18.9. The first kappa shape index (κ1) is 18.1. The maximum Gasteiger partial charge on any atom is 0.229 e. The molecule has 27 heavy (non-hydrogen) atoms. The Balaban J connectivity index is 1.41. The highest BCUT2D eigenvalue weighted by atomic mass is 19.1. The van der Waals surface area contributed by atoms with Gasteiger partial charge in [-0.1, -0.05) is 12.1 Å². The zero-order valence-electron chi connectivity index (χ0n) is 15.5. The molecule has 1 aromatic heterocycles. The van der Waals surface area contributed by atoms with Gasteiger partial charge in [0.25, 0.3) is 0 Å². The number of piperidine rings is 1. The van der Waals surface area contributed by atoms with Gasteiger partial charge in [-0.05, 0) is 31.9 Å². The third-order valence-electron chi connectivity index (χ3n) is 5.48. The number of ether oxygens (including phenoxy) is 1. The van der Waals surface area contributed by atoms with Crippen LogP contribution in [0.25, 0.3) is 11.5 Å². The molecule has 6 nitrogen and oxygen atoms in total. The molecule has 144 valence electrons. The van der Waals surface area contributed by atoms with E-state index in [1.807, 2.05) is 6.92 Å². The topological polar surface area (TPSA) is 67.6 Å². The number of nitrogens with one attached hydrogen (secondary N) is 1. The van der Waals surface area contributed by atoms with Gasteiger partial charge in [0.2, 0.25) is 11.8 Å². The lowest BCUT2D eigenvalue weighted by molar-refractivity contribution is -0.120. The number of benzene rings is 1. The molecule has 0 atom stereocenters. The predicted molar refractivity (Wildman–Crippen MR) is 97.5 cm³/mol. The van der Waals surface area contributed by atoms with Crippen molar-refractivity contribution in [3.63, 3.8) is 0 Å². The predicted octanol–water partition coefficient (Wildman–Crippen LogP) is 2.66. The average molecular weight is 373 g/mol. The minimum Gasteiger partial charge on any atom is -0.441 e. The molecule has 0 unspecified atom stereocenters. The Bertz CT molecular complexity index is 828. The fraction of sp³-hybridized carbons (Fsp3) is 0.500. The summed E-state index contributed by atoms with van der Waals surface area (Å²) in [5, 5.41) is 2.96. The van der Waals surface area contributed by atoms with Gasteiger partial charge in [0.15, 0.2) is 0 Å². The van der Waals surface area contributed by atoms with E-state index in [-0.39, 0.29) is 17.3 Å². The normalized spacial score (nSPS) is 20.4. The molecule has 3 heterocycles. The van der Waals surface area contributed by atoms with Crippen LogP contribution in [0, 0.1) is 12.7 Å². The lowest BCUT2D eigenvalue weighted by atomic mass is 9.91. The first-order chi connectivity index (χ1) is 13.0. The summed E-state index contributed by atoms with van der Waals surface area (Å²) in [7, 11) is 0. The van der Waals surface area contributed by atoms with Crippen LogP contribution in [-0.2, 0) is 16.1 Å². The molecule has 2 saturated heterocycles. The van der Waals surface area contributed by atoms with Crippen molar-refractivity contribution in [2.24, 2.45) is 0 Å². The van der Waals surface area contributed by atoms with Gasteiger partial charge < -0.3 is 14.5 Å². The molecule has 2 fully saturated rings. The third kappa shape index (κ3) is 3.89. The second kappa shape index (κ2) is 7.40. The van der Waals surface area contributed by atoms with Gasteiger partial charge in [0, 0.05) is 32.6 Å². The van der Waals surface area contributed by atoms with Gasteiger partial charge in [-0.2, -0.15) is 0 Å². The Morgan fingerprint density at radius 1 is 1.30 bits per heavy atom. The third-order valence-corrected chi connectivity index (χ3v) is 5.48. The average Bonchev–Trinajstić information content (AvgIpc) is 2.92. The van der Waals surface area contributed by atoms with Crippen molar-refractivity contribution in [3.05, 3.63) is 41.5 Å². The molecule has 0 aliphatic carbocycles. The monoisotopic (exact) mass is 373 g/mol. The number of aromatic nitrogens is 1. The highest BCUT2D eigenvalue weighted by Gasteiger charge is 2.37. The molecule has 4 rings (SSSR count). The molecule has 0 saturated carbocycles. The van der Waals surface area contributed by atoms with Crippen molar-refractivity contribution >= 4 is 5.91 Å². The summed E-state index contributed by atoms with van der Waals surface area (Å²) in [5.74, 6) is 0.765. The summed E-state index contributed by atoms with van der Waals surface area (Å²) in [6.07, 6.45) is 2.16. The Morgan fingerprint density at radius 3 is 2.85 bits per heavy atom. The van der Waals surface area contributed by atoms with Crippen LogP contribution >= 0.6 is 0 Å². The molecule has 2 aliphatic rings. The smallest absolute Gasteiger partial charge is 0.229 e. The number of carbonyl (C=O) groups excluding carboxylic acids is 1. The number of rotatable bonds is 3. The maximum absolute atomic E-state index is 14.0. The molecule has 1 aromatic carbocycles. The number of hydrogen-bond acceptors (Lipinski definition) is 5. The van der Waals surface area contributed by atoms with Gasteiger partial charge in [-0.25, -0.2) is 9.37 Å². The van der Waals surface area contributed by atoms with Crippen LogP contribution in [0.15, 0.2) is 28.7 Å². The standard InChI is InChI=1S/C20H24FN3O3/c1-14-17(23-19(27-14)15-4-2-3-5-16(15)21)12-24-9-7-20(8-10-24)13-22-18(25)6-11-26-20/h2-5H,6-13H2,1H3,(H,22,25). The largest absolute Gasteiger partial charge is 0.441 e. The molecule has 1 amide bonds. The van der Waals surface area contributed by atoms with Crippen molar-refractivity contribution in [2.75, 3.05) is 26.2 Å². The molecular weight excluding hydrogens is 349 g/mol. The number of oxazole rings is 1. The quantitative estimate of drug-likeness (QED) is 0.896. The van der Waals surface area contributed by atoms with Gasteiger partial charge >= 0.3 is 0 Å². The van der Waals surface area contributed by atoms with Crippen LogP contribution in [-0.4, -0.2) is 47.6 Å². The van der Waals surface area contributed by atoms with Crippen LogP contribution in [0.4, 0.5) is 4.39 Å². The Labute approximate surface area is 157 Å². The fourth-order valence-electron chi connectivity index (χ4n) is 3.74. The second-order valence-electron chi connectivity index (χ2n) is 7.34. The summed E-state index contributed by atoms with van der Waals surface area (Å²) in [5.41, 5.74) is 0.964. The number of aryl methyl sites for hydroxylation is 1. The van der Waals surface area contributed by atoms with E-state index in [4.69, 9.17) is 9.15 Å². The molecule has 1 N–H and O–H groups in total. The summed E-state index contributed by atoms with van der Waals surface area (Å²) in [4.78, 5) is 18.4. The SMILES string of the molecule is Cc1oc(-c2ccccc2F)nc1CN1CCC2(CC1)CNC(=O)CCO2. The number of carbonyl (C=O) groups is 1. The van der Waals surface area contributed by atoms with Crippen molar-refractivity contribution in [1.82, 2.24) is 15.2 Å². The highest BCUT2D eigenvalue weighted by molar-refractivity contribution is 5.76. The summed E-state index contributed by atoms with van der Waals surface area (Å²) < 4.78 is 25.7. The number of halogens is 1. The first-order valence-electron chi connectivity index (χ1n) is 9.39. The molecule has 7 heteroatoms. The summed E-state index contributed by atoms with van der Waals surface area (Å²) >= 11 is 0. The summed E-state index contributed by atoms with van der Waals surface area (Å²) in [6, 6.07) is 6.50. The number of likely N-dealkylation sites (tertiary alicyclic amines) is 1. The van der Waals surface area contributed by atoms with Crippen LogP contribution in [0.5, 0.6) is 0 Å². The fourth-order valence-corrected chi connectivity index (χ4v) is 3.74. The van der Waals surface area contributed by atoms with Gasteiger partial charge in [-0.3, -0.25) is 9.69 Å². The van der Waals surface area contributed by atoms with Crippen LogP contribution in [0.1, 0.15) is 30.7 Å². The minimum absolute atomic E-state index is 0.0631. The van der Waals surface area contributed by atoms with Crippen molar-refractivity contribution < 1.29 is 18.3 Å². The zero-order valence-corrected chi connectivity index (χ0v) is 15.5. The van der Waals surface area contributed by atoms with Gasteiger partial charge in [0.05, 0.1) is 23.5 Å². The van der Waals surface area contributed by atoms with E-state index in [2.05, 4.69) is 15.2 Å². The van der Waals surface area contributed by atoms with E-state index >= 15 is 0 Å². The van der Waals surface area contributed by atoms with Crippen LogP contribution < -0.4 is 5.32 Å². The Hall–Kier alpha value is -2.25. The molecule has 0 bridgehead atoms. The highest BCUT2D eigenvalue weighted by Crippen LogP contribution is 2.30. The molecule has 1 spiro atoms. The molecule has 2 aliphatic heterocycles. The molecular formula is C20H24FN3O3. The lowest BCUT2D eigenvalue weighted by Crippen LogP contribution is -2.50.